The number of nitriles is 1. The first kappa shape index (κ1) is 12.5. The molecule has 0 radical (unpaired) electrons. The van der Waals surface area contributed by atoms with Crippen molar-refractivity contribution in [1.29, 1.82) is 5.26 Å². The van der Waals surface area contributed by atoms with Crippen molar-refractivity contribution in [3.63, 3.8) is 0 Å². The van der Waals surface area contributed by atoms with Gasteiger partial charge in [-0.3, -0.25) is 0 Å². The maximum Gasteiger partial charge on any atom is 0.126 e. The lowest BCUT2D eigenvalue weighted by Gasteiger charge is -2.17. The number of anilines is 1. The molecule has 1 rings (SSSR count). The molecule has 0 aromatic carbocycles. The van der Waals surface area contributed by atoms with Gasteiger partial charge in [0, 0.05) is 12.2 Å². The van der Waals surface area contributed by atoms with Crippen molar-refractivity contribution in [2.75, 3.05) is 5.32 Å². The Morgan fingerprint density at radius 2 is 2.00 bits per heavy atom. The fraction of sp³-hybridized carbons (Fsp3) is 0.538. The summed E-state index contributed by atoms with van der Waals surface area (Å²) in [6.45, 7) is 4.38. The maximum absolute atomic E-state index is 8.67. The highest BCUT2D eigenvalue weighted by atomic mass is 15.0. The summed E-state index contributed by atoms with van der Waals surface area (Å²) >= 11 is 0. The molecule has 0 bridgehead atoms. The van der Waals surface area contributed by atoms with Gasteiger partial charge in [-0.05, 0) is 25.0 Å². The second-order valence-electron chi connectivity index (χ2n) is 3.96. The first-order valence-corrected chi connectivity index (χ1v) is 5.92. The molecule has 1 N–H and O–H groups in total. The molecular formula is C13H19N3. The van der Waals surface area contributed by atoms with Crippen molar-refractivity contribution in [2.24, 2.45) is 0 Å². The molecule has 1 heterocycles. The van der Waals surface area contributed by atoms with Gasteiger partial charge in [0.2, 0.25) is 0 Å². The molecule has 0 aliphatic carbocycles. The lowest BCUT2D eigenvalue weighted by molar-refractivity contribution is 0.584. The molecule has 86 valence electrons. The minimum absolute atomic E-state index is 0.496. The van der Waals surface area contributed by atoms with Gasteiger partial charge in [-0.1, -0.05) is 26.7 Å². The van der Waals surface area contributed by atoms with Crippen LogP contribution in [0.4, 0.5) is 5.82 Å². The number of hydrogen-bond acceptors (Lipinski definition) is 3. The van der Waals surface area contributed by atoms with E-state index in [0.29, 0.717) is 11.6 Å². The molecule has 0 unspecified atom stereocenters. The lowest BCUT2D eigenvalue weighted by atomic mass is 10.1. The molecule has 0 aliphatic rings. The van der Waals surface area contributed by atoms with E-state index in [9.17, 15) is 0 Å². The van der Waals surface area contributed by atoms with Gasteiger partial charge in [0.15, 0.2) is 0 Å². The monoisotopic (exact) mass is 217 g/mol. The van der Waals surface area contributed by atoms with E-state index in [0.717, 1.165) is 18.7 Å². The van der Waals surface area contributed by atoms with Gasteiger partial charge in [0.1, 0.15) is 11.9 Å². The second kappa shape index (κ2) is 6.84. The normalized spacial score (nSPS) is 10.1. The molecule has 1 aromatic rings. The second-order valence-corrected chi connectivity index (χ2v) is 3.96. The minimum atomic E-state index is 0.496. The summed E-state index contributed by atoms with van der Waals surface area (Å²) in [4.78, 5) is 4.22. The summed E-state index contributed by atoms with van der Waals surface area (Å²) in [5.74, 6) is 0.867. The van der Waals surface area contributed by atoms with Crippen LogP contribution in [0.3, 0.4) is 0 Å². The molecule has 3 nitrogen and oxygen atoms in total. The van der Waals surface area contributed by atoms with Crippen LogP contribution in [0.2, 0.25) is 0 Å². The Balaban J connectivity index is 2.59. The predicted molar refractivity (Wildman–Crippen MR) is 66.2 cm³/mol. The van der Waals surface area contributed by atoms with Crippen LogP contribution < -0.4 is 5.32 Å². The Kier molecular flexibility index (Phi) is 5.35. The number of rotatable bonds is 6. The molecule has 3 heteroatoms. The summed E-state index contributed by atoms with van der Waals surface area (Å²) < 4.78 is 0. The van der Waals surface area contributed by atoms with E-state index < -0.39 is 0 Å². The molecule has 0 spiro atoms. The zero-order valence-electron chi connectivity index (χ0n) is 10.0. The van der Waals surface area contributed by atoms with E-state index in [1.54, 1.807) is 12.3 Å². The molecule has 0 atom stereocenters. The van der Waals surface area contributed by atoms with Crippen LogP contribution in [0.25, 0.3) is 0 Å². The number of pyridine rings is 1. The maximum atomic E-state index is 8.67. The first-order chi connectivity index (χ1) is 7.80. The van der Waals surface area contributed by atoms with Crippen LogP contribution in [0.15, 0.2) is 18.3 Å². The Morgan fingerprint density at radius 1 is 1.31 bits per heavy atom. The standard InChI is InChI=1S/C13H19N3/c1-3-5-12(6-4-2)16-13-8-7-11(9-14)10-15-13/h7-8,10,12H,3-6H2,1-2H3,(H,15,16). The van der Waals surface area contributed by atoms with Crippen LogP contribution in [0, 0.1) is 11.3 Å². The topological polar surface area (TPSA) is 48.7 Å². The minimum Gasteiger partial charge on any atom is -0.367 e. The van der Waals surface area contributed by atoms with Crippen molar-refractivity contribution in [3.05, 3.63) is 23.9 Å². The van der Waals surface area contributed by atoms with E-state index >= 15 is 0 Å². The summed E-state index contributed by atoms with van der Waals surface area (Å²) in [6.07, 6.45) is 6.28. The number of nitrogens with zero attached hydrogens (tertiary/aromatic N) is 2. The van der Waals surface area contributed by atoms with Gasteiger partial charge in [0.05, 0.1) is 5.56 Å². The highest BCUT2D eigenvalue weighted by molar-refractivity contribution is 5.39. The third-order valence-corrected chi connectivity index (χ3v) is 2.52. The van der Waals surface area contributed by atoms with Crippen molar-refractivity contribution >= 4 is 5.82 Å². The smallest absolute Gasteiger partial charge is 0.126 e. The Labute approximate surface area is 97.5 Å². The third kappa shape index (κ3) is 3.90. The van der Waals surface area contributed by atoms with Crippen LogP contribution in [-0.4, -0.2) is 11.0 Å². The molecule has 0 aliphatic heterocycles. The first-order valence-electron chi connectivity index (χ1n) is 5.92. The molecular weight excluding hydrogens is 198 g/mol. The van der Waals surface area contributed by atoms with Crippen molar-refractivity contribution in [2.45, 2.75) is 45.6 Å². The molecule has 0 fully saturated rings. The fourth-order valence-corrected chi connectivity index (χ4v) is 1.74. The number of hydrogen-bond donors (Lipinski definition) is 1. The van der Waals surface area contributed by atoms with Gasteiger partial charge in [-0.25, -0.2) is 4.98 Å². The van der Waals surface area contributed by atoms with Crippen LogP contribution in [-0.2, 0) is 0 Å². The Bertz CT molecular complexity index is 331. The summed E-state index contributed by atoms with van der Waals surface area (Å²) in [5.41, 5.74) is 0.605. The van der Waals surface area contributed by atoms with E-state index in [1.807, 2.05) is 6.07 Å². The highest BCUT2D eigenvalue weighted by Gasteiger charge is 2.06. The van der Waals surface area contributed by atoms with Gasteiger partial charge in [-0.2, -0.15) is 5.26 Å². The van der Waals surface area contributed by atoms with Crippen molar-refractivity contribution in [1.82, 2.24) is 4.98 Å². The van der Waals surface area contributed by atoms with Crippen LogP contribution in [0.5, 0.6) is 0 Å². The van der Waals surface area contributed by atoms with E-state index in [4.69, 9.17) is 5.26 Å². The van der Waals surface area contributed by atoms with Gasteiger partial charge in [0.25, 0.3) is 0 Å². The summed E-state index contributed by atoms with van der Waals surface area (Å²) in [5, 5.41) is 12.1. The lowest BCUT2D eigenvalue weighted by Crippen LogP contribution is -2.19. The molecule has 1 aromatic heterocycles. The molecule has 16 heavy (non-hydrogen) atoms. The van der Waals surface area contributed by atoms with E-state index in [1.165, 1.54) is 12.8 Å². The Morgan fingerprint density at radius 3 is 2.44 bits per heavy atom. The third-order valence-electron chi connectivity index (χ3n) is 2.52. The van der Waals surface area contributed by atoms with Gasteiger partial charge in [-0.15, -0.1) is 0 Å². The number of nitrogens with one attached hydrogen (secondary N) is 1. The fourth-order valence-electron chi connectivity index (χ4n) is 1.74. The molecule has 0 saturated heterocycles. The van der Waals surface area contributed by atoms with E-state index in [2.05, 4.69) is 30.2 Å². The van der Waals surface area contributed by atoms with Crippen LogP contribution >= 0.6 is 0 Å². The SMILES string of the molecule is CCCC(CCC)Nc1ccc(C#N)cn1. The van der Waals surface area contributed by atoms with Gasteiger partial charge >= 0.3 is 0 Å². The summed E-state index contributed by atoms with van der Waals surface area (Å²) in [6, 6.07) is 6.23. The quantitative estimate of drug-likeness (QED) is 0.795. The van der Waals surface area contributed by atoms with Gasteiger partial charge < -0.3 is 5.32 Å². The molecule has 0 amide bonds. The summed E-state index contributed by atoms with van der Waals surface area (Å²) in [7, 11) is 0. The van der Waals surface area contributed by atoms with Crippen molar-refractivity contribution in [3.8, 4) is 6.07 Å². The van der Waals surface area contributed by atoms with Crippen molar-refractivity contribution < 1.29 is 0 Å². The largest absolute Gasteiger partial charge is 0.367 e. The predicted octanol–water partition coefficient (Wildman–Crippen LogP) is 3.33. The highest BCUT2D eigenvalue weighted by Crippen LogP contribution is 2.12. The van der Waals surface area contributed by atoms with E-state index in [-0.39, 0.29) is 0 Å². The van der Waals surface area contributed by atoms with Crippen LogP contribution in [0.1, 0.15) is 45.1 Å². The average molecular weight is 217 g/mol. The zero-order valence-corrected chi connectivity index (χ0v) is 10.0. The molecule has 0 saturated carbocycles. The number of aromatic nitrogens is 1. The Hall–Kier alpha value is -1.56. The zero-order chi connectivity index (χ0) is 11.8. The average Bonchev–Trinajstić information content (AvgIpc) is 2.31.